The van der Waals surface area contributed by atoms with Crippen LogP contribution in [0.5, 0.6) is 0 Å². The molecule has 1 saturated carbocycles. The van der Waals surface area contributed by atoms with Gasteiger partial charge in [0.25, 0.3) is 5.56 Å². The van der Waals surface area contributed by atoms with Crippen LogP contribution >= 0.6 is 0 Å². The van der Waals surface area contributed by atoms with Crippen LogP contribution in [-0.2, 0) is 11.3 Å². The Hall–Kier alpha value is -2.70. The van der Waals surface area contributed by atoms with Crippen molar-refractivity contribution in [2.45, 2.75) is 56.8 Å². The number of carbonyl (C=O) groups excluding carboxylic acids is 1. The maximum atomic E-state index is 13.4. The Morgan fingerprint density at radius 2 is 1.85 bits per heavy atom. The molecule has 2 aliphatic heterocycles. The zero-order valence-electron chi connectivity index (χ0n) is 19.2. The maximum Gasteiger partial charge on any atom is 0.258 e. The number of carbonyl (C=O) groups is 1. The van der Waals surface area contributed by atoms with Crippen molar-refractivity contribution in [2.24, 2.45) is 11.8 Å². The molecule has 2 N–H and O–H groups in total. The summed E-state index contributed by atoms with van der Waals surface area (Å²) in [5.41, 5.74) is 2.51. The first kappa shape index (κ1) is 22.1. The molecule has 174 valence electrons. The van der Waals surface area contributed by atoms with Crippen molar-refractivity contribution in [2.75, 3.05) is 13.7 Å². The van der Waals surface area contributed by atoms with Crippen LogP contribution in [0.25, 0.3) is 12.2 Å². The molecule has 2 bridgehead atoms. The van der Waals surface area contributed by atoms with E-state index in [4.69, 9.17) is 0 Å². The number of benzene rings is 1. The van der Waals surface area contributed by atoms with Gasteiger partial charge < -0.3 is 15.0 Å². The molecule has 1 aromatic heterocycles. The van der Waals surface area contributed by atoms with Crippen molar-refractivity contribution < 1.29 is 9.90 Å². The summed E-state index contributed by atoms with van der Waals surface area (Å²) in [6.07, 6.45) is 9.41. The monoisotopic (exact) mass is 447 g/mol. The third-order valence-electron chi connectivity index (χ3n) is 7.89. The second-order valence-electron chi connectivity index (χ2n) is 9.77. The minimum absolute atomic E-state index is 0.0225. The second kappa shape index (κ2) is 9.27. The predicted molar refractivity (Wildman–Crippen MR) is 129 cm³/mol. The van der Waals surface area contributed by atoms with E-state index in [0.717, 1.165) is 36.9 Å². The number of nitrogens with zero attached hydrogens (tertiary/aromatic N) is 2. The normalized spacial score (nSPS) is 27.6. The predicted octanol–water partition coefficient (Wildman–Crippen LogP) is 3.06. The second-order valence-corrected chi connectivity index (χ2v) is 9.77. The van der Waals surface area contributed by atoms with Gasteiger partial charge in [-0.15, -0.1) is 0 Å². The summed E-state index contributed by atoms with van der Waals surface area (Å²) in [5.74, 6) is -0.522. The van der Waals surface area contributed by atoms with Crippen molar-refractivity contribution in [3.05, 3.63) is 69.6 Å². The molecule has 3 aliphatic rings. The van der Waals surface area contributed by atoms with Crippen molar-refractivity contribution in [1.82, 2.24) is 14.8 Å². The number of pyridine rings is 1. The molecule has 1 saturated heterocycles. The van der Waals surface area contributed by atoms with Crippen molar-refractivity contribution in [3.8, 4) is 0 Å². The van der Waals surface area contributed by atoms with Crippen LogP contribution in [0.2, 0.25) is 0 Å². The number of aromatic nitrogens is 1. The van der Waals surface area contributed by atoms with Crippen LogP contribution in [0.15, 0.2) is 47.3 Å². The van der Waals surface area contributed by atoms with Crippen molar-refractivity contribution in [1.29, 1.82) is 0 Å². The number of fused-ring (bicyclic) bond motifs is 4. The van der Waals surface area contributed by atoms with E-state index in [1.807, 2.05) is 66.2 Å². The summed E-state index contributed by atoms with van der Waals surface area (Å²) in [7, 11) is 2.02. The van der Waals surface area contributed by atoms with E-state index in [1.165, 1.54) is 6.42 Å². The number of hydrogen-bond acceptors (Lipinski definition) is 4. The molecule has 1 aliphatic carbocycles. The van der Waals surface area contributed by atoms with Gasteiger partial charge in [0, 0.05) is 42.4 Å². The lowest BCUT2D eigenvalue weighted by Crippen LogP contribution is -2.45. The summed E-state index contributed by atoms with van der Waals surface area (Å²) in [4.78, 5) is 29.0. The van der Waals surface area contributed by atoms with Gasteiger partial charge >= 0.3 is 0 Å². The van der Waals surface area contributed by atoms with Crippen molar-refractivity contribution >= 4 is 18.1 Å². The Labute approximate surface area is 194 Å². The Kier molecular flexibility index (Phi) is 6.21. The van der Waals surface area contributed by atoms with Gasteiger partial charge in [0.15, 0.2) is 0 Å². The number of amides is 1. The van der Waals surface area contributed by atoms with E-state index in [9.17, 15) is 14.7 Å². The van der Waals surface area contributed by atoms with Gasteiger partial charge in [-0.2, -0.15) is 0 Å². The Morgan fingerprint density at radius 1 is 1.09 bits per heavy atom. The molecule has 6 heteroatoms. The van der Waals surface area contributed by atoms with E-state index < -0.39 is 0 Å². The third kappa shape index (κ3) is 4.06. The number of rotatable bonds is 5. The minimum Gasteiger partial charge on any atom is -0.396 e. The van der Waals surface area contributed by atoms with Crippen LogP contribution in [0.4, 0.5) is 0 Å². The first-order valence-electron chi connectivity index (χ1n) is 12.2. The van der Waals surface area contributed by atoms with Gasteiger partial charge in [0.1, 0.15) is 0 Å². The maximum absolute atomic E-state index is 13.4. The highest BCUT2D eigenvalue weighted by molar-refractivity contribution is 5.81. The van der Waals surface area contributed by atoms with E-state index in [-0.39, 0.29) is 48.0 Å². The molecule has 0 unspecified atom stereocenters. The fraction of sp³-hybridized carbons (Fsp3) is 0.481. The van der Waals surface area contributed by atoms with E-state index >= 15 is 0 Å². The third-order valence-corrected chi connectivity index (χ3v) is 7.89. The lowest BCUT2D eigenvalue weighted by atomic mass is 9.85. The zero-order chi connectivity index (χ0) is 22.9. The first-order chi connectivity index (χ1) is 16.1. The topological polar surface area (TPSA) is 74.6 Å². The highest BCUT2D eigenvalue weighted by Gasteiger charge is 2.54. The molecule has 1 aromatic carbocycles. The van der Waals surface area contributed by atoms with E-state index in [0.29, 0.717) is 12.1 Å². The summed E-state index contributed by atoms with van der Waals surface area (Å²) >= 11 is 0. The molecule has 2 fully saturated rings. The molecule has 2 aromatic rings. The van der Waals surface area contributed by atoms with Crippen LogP contribution in [0.3, 0.4) is 0 Å². The van der Waals surface area contributed by atoms with Gasteiger partial charge in [0.2, 0.25) is 5.91 Å². The molecule has 33 heavy (non-hydrogen) atoms. The van der Waals surface area contributed by atoms with Gasteiger partial charge in [-0.3, -0.25) is 14.5 Å². The van der Waals surface area contributed by atoms with Crippen LogP contribution in [0.1, 0.15) is 55.0 Å². The number of nitrogens with one attached hydrogen (secondary N) is 1. The molecule has 0 spiro atoms. The Morgan fingerprint density at radius 3 is 2.58 bits per heavy atom. The van der Waals surface area contributed by atoms with Gasteiger partial charge in [-0.1, -0.05) is 55.7 Å². The molecule has 1 amide bonds. The van der Waals surface area contributed by atoms with E-state index in [2.05, 4.69) is 10.2 Å². The first-order valence-corrected chi connectivity index (χ1v) is 12.2. The highest BCUT2D eigenvalue weighted by atomic mass is 16.3. The lowest BCUT2D eigenvalue weighted by molar-refractivity contribution is -0.128. The number of aliphatic hydroxyl groups is 1. The number of likely N-dealkylation sites (N-methyl/N-ethyl adjacent to an activating group) is 1. The molecule has 4 atom stereocenters. The summed E-state index contributed by atoms with van der Waals surface area (Å²) in [5, 5.41) is 13.5. The molecule has 0 radical (unpaired) electrons. The fourth-order valence-electron chi connectivity index (χ4n) is 6.13. The van der Waals surface area contributed by atoms with Crippen molar-refractivity contribution in [3.63, 3.8) is 0 Å². The lowest BCUT2D eigenvalue weighted by Gasteiger charge is -2.35. The standard InChI is InChI=1S/C27H33N3O3/c1-29-23-16-30-22(15-14-19(27(30)33)13-12-18-8-4-2-5-9-18)25(29)24(21(23)17-31)26(32)28-20-10-6-3-7-11-20/h2,4-5,8-9,12-15,20-21,23-25,31H,3,6-7,10-11,16-17H2,1H3,(H,28,32)/b13-12+/t21-,23-,24+,25+/m1/s1. The largest absolute Gasteiger partial charge is 0.396 e. The van der Waals surface area contributed by atoms with Gasteiger partial charge in [-0.25, -0.2) is 0 Å². The van der Waals surface area contributed by atoms with Crippen LogP contribution < -0.4 is 10.9 Å². The SMILES string of the molecule is CN1[C@@H]2Cn3c(ccc(/C=C/c4ccccc4)c3=O)[C@H]1[C@@H](C(=O)NC1CCCCC1)[C@@H]2CO. The minimum atomic E-state index is -0.356. The van der Waals surface area contributed by atoms with Gasteiger partial charge in [-0.05, 0) is 43.7 Å². The fourth-order valence-corrected chi connectivity index (χ4v) is 6.13. The quantitative estimate of drug-likeness (QED) is 0.739. The average molecular weight is 448 g/mol. The van der Waals surface area contributed by atoms with Gasteiger partial charge in [0.05, 0.1) is 12.0 Å². The van der Waals surface area contributed by atoms with E-state index in [1.54, 1.807) is 0 Å². The molecular weight excluding hydrogens is 414 g/mol. The average Bonchev–Trinajstić information content (AvgIpc) is 3.02. The Bertz CT molecular complexity index is 1090. The molecule has 3 heterocycles. The molecular formula is C27H33N3O3. The number of hydrogen-bond donors (Lipinski definition) is 2. The summed E-state index contributed by atoms with van der Waals surface area (Å²) in [6.45, 7) is 0.435. The molecule has 6 nitrogen and oxygen atoms in total. The zero-order valence-corrected chi connectivity index (χ0v) is 19.2. The summed E-state index contributed by atoms with van der Waals surface area (Å²) < 4.78 is 1.83. The van der Waals surface area contributed by atoms with Crippen LogP contribution in [-0.4, -0.2) is 46.2 Å². The highest BCUT2D eigenvalue weighted by Crippen LogP contribution is 2.47. The Balaban J connectivity index is 1.45. The number of aliphatic hydroxyl groups excluding tert-OH is 1. The molecule has 5 rings (SSSR count). The smallest absolute Gasteiger partial charge is 0.258 e. The summed E-state index contributed by atoms with van der Waals surface area (Å²) in [6, 6.07) is 13.8. The van der Waals surface area contributed by atoms with Crippen LogP contribution in [0, 0.1) is 11.8 Å².